The maximum absolute atomic E-state index is 13.2. The van der Waals surface area contributed by atoms with Crippen LogP contribution in [0.4, 0.5) is 0 Å². The molecule has 0 aromatic heterocycles. The second-order valence-corrected chi connectivity index (χ2v) is 7.09. The predicted molar refractivity (Wildman–Crippen MR) is 105 cm³/mol. The average molecular weight is 345 g/mol. The van der Waals surface area contributed by atoms with E-state index in [1.807, 2.05) is 32.2 Å². The number of nitrogens with zero attached hydrogens (tertiary/aromatic N) is 1. The Morgan fingerprint density at radius 2 is 1.85 bits per heavy atom. The lowest BCUT2D eigenvalue weighted by Gasteiger charge is -2.20. The zero-order chi connectivity index (χ0) is 18.3. The lowest BCUT2D eigenvalue weighted by molar-refractivity contribution is 0.0786. The fourth-order valence-corrected chi connectivity index (χ4v) is 4.00. The molecule has 3 aromatic rings. The topological polar surface area (TPSA) is 29.5 Å². The highest BCUT2D eigenvalue weighted by atomic mass is 16.5. The molecule has 0 heterocycles. The van der Waals surface area contributed by atoms with Crippen LogP contribution in [0.5, 0.6) is 5.75 Å². The molecule has 1 amide bonds. The van der Waals surface area contributed by atoms with Crippen LogP contribution in [0.15, 0.2) is 48.5 Å². The third-order valence-electron chi connectivity index (χ3n) is 5.30. The summed E-state index contributed by atoms with van der Waals surface area (Å²) in [4.78, 5) is 14.9. The summed E-state index contributed by atoms with van der Waals surface area (Å²) in [7, 11) is 3.52. The van der Waals surface area contributed by atoms with E-state index in [2.05, 4.69) is 30.3 Å². The number of hydrogen-bond donors (Lipinski definition) is 0. The highest BCUT2D eigenvalue weighted by Gasteiger charge is 2.21. The van der Waals surface area contributed by atoms with Crippen LogP contribution in [0.2, 0.25) is 0 Å². The Hall–Kier alpha value is -2.81. The van der Waals surface area contributed by atoms with Gasteiger partial charge in [0.05, 0.1) is 7.11 Å². The van der Waals surface area contributed by atoms with E-state index in [9.17, 15) is 4.79 Å². The molecule has 0 saturated heterocycles. The zero-order valence-electron chi connectivity index (χ0n) is 15.5. The van der Waals surface area contributed by atoms with Gasteiger partial charge in [-0.25, -0.2) is 0 Å². The molecule has 1 aliphatic carbocycles. The van der Waals surface area contributed by atoms with E-state index in [0.717, 1.165) is 40.7 Å². The molecule has 0 fully saturated rings. The van der Waals surface area contributed by atoms with E-state index in [4.69, 9.17) is 4.74 Å². The minimum absolute atomic E-state index is 0.0455. The normalized spacial score (nSPS) is 12.4. The first-order chi connectivity index (χ1) is 12.6. The molecule has 3 heteroatoms. The molecular weight excluding hydrogens is 322 g/mol. The molecule has 26 heavy (non-hydrogen) atoms. The van der Waals surface area contributed by atoms with E-state index in [-0.39, 0.29) is 5.91 Å². The molecule has 3 nitrogen and oxygen atoms in total. The number of amides is 1. The van der Waals surface area contributed by atoms with Crippen molar-refractivity contribution < 1.29 is 9.53 Å². The Balaban J connectivity index is 1.69. The van der Waals surface area contributed by atoms with Gasteiger partial charge in [-0.15, -0.1) is 0 Å². The summed E-state index contributed by atoms with van der Waals surface area (Å²) < 4.78 is 5.46. The van der Waals surface area contributed by atoms with Crippen LogP contribution in [0.1, 0.15) is 32.6 Å². The predicted octanol–water partition coefficient (Wildman–Crippen LogP) is 4.53. The quantitative estimate of drug-likeness (QED) is 0.695. The van der Waals surface area contributed by atoms with Crippen LogP contribution in [-0.2, 0) is 19.4 Å². The molecule has 0 saturated carbocycles. The molecule has 0 unspecified atom stereocenters. The minimum Gasteiger partial charge on any atom is -0.496 e. The number of aryl methyl sites for hydroxylation is 3. The standard InChI is InChI=1S/C23H23NO2/c1-15-7-12-21(26-3)18(13-15)14-24(2)23(25)20-11-10-17-9-8-16-5-4-6-19(20)22(16)17/h4-7,10-13H,8-9,14H2,1-3H3. The van der Waals surface area contributed by atoms with Crippen molar-refractivity contribution in [3.05, 3.63) is 76.3 Å². The molecule has 1 aliphatic rings. The highest BCUT2D eigenvalue weighted by Crippen LogP contribution is 2.33. The maximum Gasteiger partial charge on any atom is 0.254 e. The van der Waals surface area contributed by atoms with Crippen LogP contribution in [0, 0.1) is 6.92 Å². The monoisotopic (exact) mass is 345 g/mol. The van der Waals surface area contributed by atoms with Crippen molar-refractivity contribution in [2.45, 2.75) is 26.3 Å². The van der Waals surface area contributed by atoms with Crippen LogP contribution in [0.3, 0.4) is 0 Å². The summed E-state index contributed by atoms with van der Waals surface area (Å²) in [5.74, 6) is 0.861. The van der Waals surface area contributed by atoms with Gasteiger partial charge < -0.3 is 9.64 Å². The van der Waals surface area contributed by atoms with Gasteiger partial charge in [-0.05, 0) is 53.8 Å². The van der Waals surface area contributed by atoms with Crippen molar-refractivity contribution in [1.82, 2.24) is 4.90 Å². The van der Waals surface area contributed by atoms with Crippen molar-refractivity contribution in [2.24, 2.45) is 0 Å². The molecule has 0 spiro atoms. The fraction of sp³-hybridized carbons (Fsp3) is 0.261. The van der Waals surface area contributed by atoms with E-state index in [1.54, 1.807) is 12.0 Å². The van der Waals surface area contributed by atoms with Gasteiger partial charge in [0.1, 0.15) is 5.75 Å². The summed E-state index contributed by atoms with van der Waals surface area (Å²) >= 11 is 0. The minimum atomic E-state index is 0.0455. The van der Waals surface area contributed by atoms with Crippen LogP contribution >= 0.6 is 0 Å². The SMILES string of the molecule is COc1ccc(C)cc1CN(C)C(=O)c1ccc2c3c(cccc13)CC2. The Morgan fingerprint density at radius 1 is 1.08 bits per heavy atom. The highest BCUT2D eigenvalue weighted by molar-refractivity contribution is 6.09. The molecule has 3 aromatic carbocycles. The molecule has 0 N–H and O–H groups in total. The van der Waals surface area contributed by atoms with Gasteiger partial charge in [0, 0.05) is 24.7 Å². The Bertz CT molecular complexity index is 996. The molecule has 4 rings (SSSR count). The molecular formula is C23H23NO2. The van der Waals surface area contributed by atoms with Gasteiger partial charge in [0.15, 0.2) is 0 Å². The van der Waals surface area contributed by atoms with E-state index < -0.39 is 0 Å². The first-order valence-corrected chi connectivity index (χ1v) is 9.01. The second kappa shape index (κ2) is 6.49. The summed E-state index contributed by atoms with van der Waals surface area (Å²) in [5, 5.41) is 2.35. The molecule has 0 aliphatic heterocycles. The summed E-state index contributed by atoms with van der Waals surface area (Å²) in [6.07, 6.45) is 2.14. The van der Waals surface area contributed by atoms with Gasteiger partial charge in [0.25, 0.3) is 5.91 Å². The lowest BCUT2D eigenvalue weighted by atomic mass is 9.99. The summed E-state index contributed by atoms with van der Waals surface area (Å²) in [6.45, 7) is 2.57. The van der Waals surface area contributed by atoms with Crippen molar-refractivity contribution in [3.63, 3.8) is 0 Å². The first-order valence-electron chi connectivity index (χ1n) is 9.01. The molecule has 0 bridgehead atoms. The van der Waals surface area contributed by atoms with Gasteiger partial charge in [-0.2, -0.15) is 0 Å². The molecule has 132 valence electrons. The van der Waals surface area contributed by atoms with Gasteiger partial charge in [-0.1, -0.05) is 42.0 Å². The smallest absolute Gasteiger partial charge is 0.254 e. The number of rotatable bonds is 4. The van der Waals surface area contributed by atoms with Crippen molar-refractivity contribution in [2.75, 3.05) is 14.2 Å². The third kappa shape index (κ3) is 2.74. The van der Waals surface area contributed by atoms with Crippen LogP contribution < -0.4 is 4.74 Å². The fourth-order valence-electron chi connectivity index (χ4n) is 4.00. The van der Waals surface area contributed by atoms with Crippen LogP contribution in [-0.4, -0.2) is 25.0 Å². The summed E-state index contributed by atoms with van der Waals surface area (Å²) in [5.41, 5.74) is 5.67. The molecule has 0 atom stereocenters. The van der Waals surface area contributed by atoms with Crippen molar-refractivity contribution >= 4 is 16.7 Å². The number of hydrogen-bond acceptors (Lipinski definition) is 2. The van der Waals surface area contributed by atoms with Gasteiger partial charge in [0.2, 0.25) is 0 Å². The van der Waals surface area contributed by atoms with E-state index in [0.29, 0.717) is 6.54 Å². The van der Waals surface area contributed by atoms with Crippen LogP contribution in [0.25, 0.3) is 10.8 Å². The van der Waals surface area contributed by atoms with Crippen molar-refractivity contribution in [3.8, 4) is 5.75 Å². The van der Waals surface area contributed by atoms with E-state index >= 15 is 0 Å². The Morgan fingerprint density at radius 3 is 2.62 bits per heavy atom. The first kappa shape index (κ1) is 16.6. The zero-order valence-corrected chi connectivity index (χ0v) is 15.5. The number of methoxy groups -OCH3 is 1. The second-order valence-electron chi connectivity index (χ2n) is 7.09. The Labute approximate surface area is 154 Å². The van der Waals surface area contributed by atoms with Crippen molar-refractivity contribution in [1.29, 1.82) is 0 Å². The number of carbonyl (C=O) groups excluding carboxylic acids is 1. The van der Waals surface area contributed by atoms with Gasteiger partial charge in [-0.3, -0.25) is 4.79 Å². The lowest BCUT2D eigenvalue weighted by Crippen LogP contribution is -2.26. The average Bonchev–Trinajstić information content (AvgIpc) is 3.07. The van der Waals surface area contributed by atoms with Gasteiger partial charge >= 0.3 is 0 Å². The summed E-state index contributed by atoms with van der Waals surface area (Å²) in [6, 6.07) is 16.5. The number of ether oxygens (including phenoxy) is 1. The van der Waals surface area contributed by atoms with E-state index in [1.165, 1.54) is 16.5 Å². The maximum atomic E-state index is 13.2. The Kier molecular flexibility index (Phi) is 4.15. The largest absolute Gasteiger partial charge is 0.496 e. The number of carbonyl (C=O) groups is 1. The number of benzene rings is 3. The molecule has 0 radical (unpaired) electrons. The third-order valence-corrected chi connectivity index (χ3v) is 5.30.